The summed E-state index contributed by atoms with van der Waals surface area (Å²) in [6, 6.07) is 0. The van der Waals surface area contributed by atoms with Crippen LogP contribution in [0, 0.1) is 0 Å². The second kappa shape index (κ2) is 14.7. The number of methoxy groups -OCH3 is 1. The Morgan fingerprint density at radius 2 is 1.83 bits per heavy atom. The summed E-state index contributed by atoms with van der Waals surface area (Å²) in [5, 5.41) is 0. The maximum absolute atomic E-state index is 11.7. The van der Waals surface area contributed by atoms with Gasteiger partial charge in [0.1, 0.15) is 0 Å². The molecule has 1 aliphatic rings. The first-order valence-electron chi connectivity index (χ1n) is 8.62. The fourth-order valence-electron chi connectivity index (χ4n) is 2.26. The van der Waals surface area contributed by atoms with Gasteiger partial charge in [0.15, 0.2) is 0 Å². The van der Waals surface area contributed by atoms with E-state index in [1.807, 2.05) is 4.90 Å². The molecular weight excluding hydrogens is 310 g/mol. The van der Waals surface area contributed by atoms with E-state index in [4.69, 9.17) is 4.74 Å². The number of hydrogen-bond donors (Lipinski definition) is 0. The highest BCUT2D eigenvalue weighted by Crippen LogP contribution is 2.12. The average Bonchev–Trinajstić information content (AvgIpc) is 2.78. The Morgan fingerprint density at radius 3 is 2.46 bits per heavy atom. The van der Waals surface area contributed by atoms with E-state index in [0.717, 1.165) is 58.0 Å². The van der Waals surface area contributed by atoms with Crippen LogP contribution in [0.3, 0.4) is 0 Å². The van der Waals surface area contributed by atoms with Crippen molar-refractivity contribution in [3.05, 3.63) is 12.7 Å². The van der Waals surface area contributed by atoms with Crippen LogP contribution in [0.2, 0.25) is 0 Å². The average molecular weight is 341 g/mol. The van der Waals surface area contributed by atoms with E-state index < -0.39 is 0 Å². The van der Waals surface area contributed by atoms with Crippen LogP contribution in [0.15, 0.2) is 12.7 Å². The second-order valence-electron chi connectivity index (χ2n) is 5.67. The molecule has 138 valence electrons. The van der Waals surface area contributed by atoms with E-state index in [1.54, 1.807) is 0 Å². The molecule has 0 atom stereocenters. The molecule has 1 rings (SSSR count). The maximum Gasteiger partial charge on any atom is 0.330 e. The number of carbonyl (C=O) groups excluding carboxylic acids is 3. The number of nitrogens with zero attached hydrogens (tertiary/aromatic N) is 1. The van der Waals surface area contributed by atoms with Crippen molar-refractivity contribution in [3.63, 3.8) is 0 Å². The summed E-state index contributed by atoms with van der Waals surface area (Å²) in [4.78, 5) is 34.1. The monoisotopic (exact) mass is 341 g/mol. The van der Waals surface area contributed by atoms with Gasteiger partial charge in [-0.15, -0.1) is 0 Å². The fraction of sp³-hybridized carbons (Fsp3) is 0.722. The zero-order chi connectivity index (χ0) is 18.2. The first kappa shape index (κ1) is 22.1. The predicted molar refractivity (Wildman–Crippen MR) is 92.4 cm³/mol. The zero-order valence-electron chi connectivity index (χ0n) is 15.1. The van der Waals surface area contributed by atoms with Gasteiger partial charge in [0, 0.05) is 32.5 Å². The van der Waals surface area contributed by atoms with Crippen LogP contribution < -0.4 is 0 Å². The van der Waals surface area contributed by atoms with Gasteiger partial charge in [-0.1, -0.05) is 19.4 Å². The van der Waals surface area contributed by atoms with Crippen LogP contribution in [0.4, 0.5) is 0 Å². The summed E-state index contributed by atoms with van der Waals surface area (Å²) in [6.45, 7) is 6.98. The van der Waals surface area contributed by atoms with E-state index in [9.17, 15) is 14.4 Å². The van der Waals surface area contributed by atoms with Crippen LogP contribution >= 0.6 is 0 Å². The van der Waals surface area contributed by atoms with Crippen LogP contribution in [0.1, 0.15) is 58.3 Å². The van der Waals surface area contributed by atoms with Crippen molar-refractivity contribution in [1.82, 2.24) is 4.90 Å². The van der Waals surface area contributed by atoms with Gasteiger partial charge in [-0.05, 0) is 32.1 Å². The van der Waals surface area contributed by atoms with Gasteiger partial charge in [0.25, 0.3) is 0 Å². The van der Waals surface area contributed by atoms with E-state index >= 15 is 0 Å². The Kier molecular flexibility index (Phi) is 13.6. The minimum atomic E-state index is -0.352. The summed E-state index contributed by atoms with van der Waals surface area (Å²) >= 11 is 0. The minimum absolute atomic E-state index is 0.245. The van der Waals surface area contributed by atoms with Crippen molar-refractivity contribution in [2.75, 3.05) is 26.8 Å². The summed E-state index contributed by atoms with van der Waals surface area (Å²) in [5.74, 6) is -0.280. The number of carbonyl (C=O) groups is 3. The molecule has 1 heterocycles. The summed E-state index contributed by atoms with van der Waals surface area (Å²) < 4.78 is 9.01. The molecule has 0 aromatic heterocycles. The number of rotatable bonds is 8. The Hall–Kier alpha value is -1.85. The molecule has 0 aromatic carbocycles. The summed E-state index contributed by atoms with van der Waals surface area (Å²) in [5.41, 5.74) is 0. The molecule has 0 aromatic rings. The molecule has 6 nitrogen and oxygen atoms in total. The van der Waals surface area contributed by atoms with Gasteiger partial charge in [-0.25, -0.2) is 4.79 Å². The number of ether oxygens (including phenoxy) is 2. The van der Waals surface area contributed by atoms with Crippen molar-refractivity contribution >= 4 is 17.8 Å². The molecule has 24 heavy (non-hydrogen) atoms. The largest absolute Gasteiger partial charge is 0.469 e. The van der Waals surface area contributed by atoms with Gasteiger partial charge in [-0.2, -0.15) is 0 Å². The molecule has 0 radical (unpaired) electrons. The van der Waals surface area contributed by atoms with Gasteiger partial charge >= 0.3 is 11.9 Å². The molecule has 1 amide bonds. The van der Waals surface area contributed by atoms with Crippen LogP contribution in [0.25, 0.3) is 0 Å². The van der Waals surface area contributed by atoms with Gasteiger partial charge < -0.3 is 14.4 Å². The molecule has 1 fully saturated rings. The lowest BCUT2D eigenvalue weighted by molar-refractivity contribution is -0.138. The molecule has 0 N–H and O–H groups in total. The third-order valence-corrected chi connectivity index (χ3v) is 3.69. The molecule has 1 aliphatic heterocycles. The van der Waals surface area contributed by atoms with E-state index in [2.05, 4.69) is 11.3 Å². The third-order valence-electron chi connectivity index (χ3n) is 3.69. The predicted octanol–water partition coefficient (Wildman–Crippen LogP) is 2.86. The van der Waals surface area contributed by atoms with Gasteiger partial charge in [-0.3, -0.25) is 9.59 Å². The van der Waals surface area contributed by atoms with Crippen molar-refractivity contribution in [1.29, 1.82) is 0 Å². The normalized spacial score (nSPS) is 14.1. The molecule has 1 saturated heterocycles. The highest BCUT2D eigenvalue weighted by Gasteiger charge is 2.15. The quantitative estimate of drug-likeness (QED) is 0.386. The zero-order valence-corrected chi connectivity index (χ0v) is 15.1. The Balaban J connectivity index is 0.000000922. The Bertz CT molecular complexity index is 395. The lowest BCUT2D eigenvalue weighted by atomic mass is 10.2. The van der Waals surface area contributed by atoms with E-state index in [-0.39, 0.29) is 11.9 Å². The number of amides is 1. The number of unbranched alkanes of at least 4 members (excludes halogenated alkanes) is 3. The summed E-state index contributed by atoms with van der Waals surface area (Å²) in [7, 11) is 1.35. The smallest absolute Gasteiger partial charge is 0.330 e. The third kappa shape index (κ3) is 12.7. The lowest BCUT2D eigenvalue weighted by Crippen LogP contribution is -2.31. The first-order valence-corrected chi connectivity index (χ1v) is 8.62. The number of likely N-dealkylation sites (tertiary alicyclic amines) is 1. The molecule has 0 bridgehead atoms. The molecule has 0 unspecified atom stereocenters. The maximum atomic E-state index is 11.7. The Morgan fingerprint density at radius 1 is 1.17 bits per heavy atom. The summed E-state index contributed by atoms with van der Waals surface area (Å²) in [6.07, 6.45) is 9.31. The van der Waals surface area contributed by atoms with Crippen molar-refractivity contribution in [3.8, 4) is 0 Å². The standard InChI is InChI=1S/C15H25NO3.C3H6O2/c1-2-15(18)19-13-9-4-3-7-11-16-12-8-5-6-10-14(16)17;1-3(4)5-2/h2H,1,3-13H2;1-2H3. The minimum Gasteiger partial charge on any atom is -0.469 e. The number of hydrogen-bond acceptors (Lipinski definition) is 5. The van der Waals surface area contributed by atoms with Crippen LogP contribution in [-0.4, -0.2) is 49.6 Å². The van der Waals surface area contributed by atoms with Crippen LogP contribution in [-0.2, 0) is 23.9 Å². The highest BCUT2D eigenvalue weighted by atomic mass is 16.5. The SMILES string of the molecule is C=CC(=O)OCCCCCCN1CCCCCC1=O.COC(C)=O. The van der Waals surface area contributed by atoms with E-state index in [1.165, 1.54) is 26.5 Å². The molecule has 0 saturated carbocycles. The number of esters is 2. The van der Waals surface area contributed by atoms with Crippen molar-refractivity contribution in [2.24, 2.45) is 0 Å². The fourth-order valence-corrected chi connectivity index (χ4v) is 2.26. The molecular formula is C18H31NO5. The lowest BCUT2D eigenvalue weighted by Gasteiger charge is -2.20. The highest BCUT2D eigenvalue weighted by molar-refractivity contribution is 5.81. The Labute approximate surface area is 145 Å². The second-order valence-corrected chi connectivity index (χ2v) is 5.67. The molecule has 6 heteroatoms. The van der Waals surface area contributed by atoms with Crippen molar-refractivity contribution in [2.45, 2.75) is 58.3 Å². The van der Waals surface area contributed by atoms with Crippen molar-refractivity contribution < 1.29 is 23.9 Å². The van der Waals surface area contributed by atoms with Gasteiger partial charge in [0.2, 0.25) is 5.91 Å². The topological polar surface area (TPSA) is 72.9 Å². The molecule has 0 aliphatic carbocycles. The van der Waals surface area contributed by atoms with E-state index in [0.29, 0.717) is 12.5 Å². The first-order chi connectivity index (χ1) is 11.5. The van der Waals surface area contributed by atoms with Crippen LogP contribution in [0.5, 0.6) is 0 Å². The molecule has 0 spiro atoms. The van der Waals surface area contributed by atoms with Gasteiger partial charge in [0.05, 0.1) is 13.7 Å².